The number of hydrogen-bond acceptors (Lipinski definition) is 4. The summed E-state index contributed by atoms with van der Waals surface area (Å²) in [5, 5.41) is 6.65. The summed E-state index contributed by atoms with van der Waals surface area (Å²) in [6, 6.07) is 6.01. The van der Waals surface area contributed by atoms with Crippen molar-refractivity contribution in [3.8, 4) is 11.5 Å². The molecule has 0 aromatic heterocycles. The maximum Gasteiger partial charge on any atom is 0.191 e. The Morgan fingerprint density at radius 3 is 2.44 bits per heavy atom. The van der Waals surface area contributed by atoms with Crippen LogP contribution in [0.15, 0.2) is 23.2 Å². The molecular weight excluding hydrogens is 431 g/mol. The normalized spacial score (nSPS) is 11.0. The molecular formula is C18H33IN4O2. The van der Waals surface area contributed by atoms with Crippen molar-refractivity contribution in [3.63, 3.8) is 0 Å². The van der Waals surface area contributed by atoms with Gasteiger partial charge in [0, 0.05) is 19.6 Å². The molecule has 0 spiro atoms. The molecule has 1 aromatic rings. The highest BCUT2D eigenvalue weighted by atomic mass is 127. The second-order valence-corrected chi connectivity index (χ2v) is 5.78. The molecule has 0 aliphatic carbocycles. The van der Waals surface area contributed by atoms with Crippen LogP contribution in [-0.4, -0.2) is 65.4 Å². The third-order valence-corrected chi connectivity index (χ3v) is 3.53. The van der Waals surface area contributed by atoms with Gasteiger partial charge in [0.2, 0.25) is 0 Å². The largest absolute Gasteiger partial charge is 0.493 e. The van der Waals surface area contributed by atoms with Gasteiger partial charge in [0.15, 0.2) is 17.5 Å². The van der Waals surface area contributed by atoms with E-state index in [1.807, 2.05) is 12.1 Å². The molecule has 1 aromatic carbocycles. The molecule has 1 rings (SSSR count). The van der Waals surface area contributed by atoms with Gasteiger partial charge >= 0.3 is 0 Å². The number of rotatable bonds is 10. The summed E-state index contributed by atoms with van der Waals surface area (Å²) in [5.74, 6) is 2.39. The van der Waals surface area contributed by atoms with E-state index in [1.165, 1.54) is 5.56 Å². The molecule has 0 heterocycles. The van der Waals surface area contributed by atoms with Gasteiger partial charge in [0.1, 0.15) is 0 Å². The minimum atomic E-state index is 0. The van der Waals surface area contributed by atoms with Crippen molar-refractivity contribution in [2.75, 3.05) is 54.5 Å². The predicted molar refractivity (Wildman–Crippen MR) is 116 cm³/mol. The summed E-state index contributed by atoms with van der Waals surface area (Å²) in [4.78, 5) is 6.77. The first-order valence-corrected chi connectivity index (χ1v) is 8.48. The molecule has 0 fully saturated rings. The van der Waals surface area contributed by atoms with E-state index >= 15 is 0 Å². The van der Waals surface area contributed by atoms with E-state index in [2.05, 4.69) is 47.6 Å². The number of halogens is 1. The summed E-state index contributed by atoms with van der Waals surface area (Å²) in [7, 11) is 7.46. The molecule has 0 aliphatic heterocycles. The monoisotopic (exact) mass is 464 g/mol. The molecule has 6 nitrogen and oxygen atoms in total. The number of hydrogen-bond donors (Lipinski definition) is 2. The Morgan fingerprint density at radius 2 is 1.84 bits per heavy atom. The Morgan fingerprint density at radius 1 is 1.12 bits per heavy atom. The molecule has 25 heavy (non-hydrogen) atoms. The maximum atomic E-state index is 5.34. The van der Waals surface area contributed by atoms with Crippen LogP contribution < -0.4 is 20.1 Å². The molecule has 0 unspecified atom stereocenters. The number of nitrogens with zero attached hydrogens (tertiary/aromatic N) is 2. The van der Waals surface area contributed by atoms with Crippen LogP contribution in [-0.2, 0) is 6.42 Å². The van der Waals surface area contributed by atoms with Crippen LogP contribution in [0.25, 0.3) is 0 Å². The smallest absolute Gasteiger partial charge is 0.191 e. The van der Waals surface area contributed by atoms with Gasteiger partial charge in [0.25, 0.3) is 0 Å². The van der Waals surface area contributed by atoms with E-state index in [-0.39, 0.29) is 24.0 Å². The van der Waals surface area contributed by atoms with Crippen LogP contribution >= 0.6 is 24.0 Å². The van der Waals surface area contributed by atoms with Gasteiger partial charge in [-0.2, -0.15) is 0 Å². The van der Waals surface area contributed by atoms with Crippen molar-refractivity contribution >= 4 is 29.9 Å². The van der Waals surface area contributed by atoms with Crippen LogP contribution in [0.4, 0.5) is 0 Å². The molecule has 0 radical (unpaired) electrons. The summed E-state index contributed by atoms with van der Waals surface area (Å²) in [6.45, 7) is 5.62. The first-order chi connectivity index (χ1) is 11.6. The fourth-order valence-electron chi connectivity index (χ4n) is 2.28. The van der Waals surface area contributed by atoms with Gasteiger partial charge in [-0.1, -0.05) is 6.07 Å². The second-order valence-electron chi connectivity index (χ2n) is 5.78. The fraction of sp³-hybridized carbons (Fsp3) is 0.611. The van der Waals surface area contributed by atoms with E-state index in [0.29, 0.717) is 0 Å². The van der Waals surface area contributed by atoms with Crippen LogP contribution in [0.2, 0.25) is 0 Å². The van der Waals surface area contributed by atoms with Gasteiger partial charge in [-0.3, -0.25) is 4.99 Å². The van der Waals surface area contributed by atoms with Gasteiger partial charge in [0.05, 0.1) is 14.2 Å². The molecule has 144 valence electrons. The van der Waals surface area contributed by atoms with E-state index < -0.39 is 0 Å². The highest BCUT2D eigenvalue weighted by molar-refractivity contribution is 14.0. The lowest BCUT2D eigenvalue weighted by molar-refractivity contribution is 0.354. The predicted octanol–water partition coefficient (Wildman–Crippen LogP) is 2.37. The molecule has 7 heteroatoms. The van der Waals surface area contributed by atoms with Crippen molar-refractivity contribution < 1.29 is 9.47 Å². The minimum Gasteiger partial charge on any atom is -0.493 e. The standard InChI is InChI=1S/C18H32N4O2.HI/c1-6-19-18(20-11-7-13-22(2)3)21-12-10-15-8-9-16(23-4)17(14-15)24-5;/h8-9,14H,6-7,10-13H2,1-5H3,(H2,19,20,21);1H. The first-order valence-electron chi connectivity index (χ1n) is 8.48. The average Bonchev–Trinajstić information content (AvgIpc) is 2.58. The van der Waals surface area contributed by atoms with Gasteiger partial charge < -0.3 is 25.0 Å². The molecule has 0 saturated heterocycles. The highest BCUT2D eigenvalue weighted by Gasteiger charge is 2.05. The Bertz CT molecular complexity index is 510. The van der Waals surface area contributed by atoms with Gasteiger partial charge in [-0.15, -0.1) is 24.0 Å². The second kappa shape index (κ2) is 14.0. The molecule has 0 amide bonds. The van der Waals surface area contributed by atoms with Crippen LogP contribution in [0.1, 0.15) is 18.9 Å². The van der Waals surface area contributed by atoms with E-state index in [9.17, 15) is 0 Å². The lowest BCUT2D eigenvalue weighted by Gasteiger charge is -2.13. The lowest BCUT2D eigenvalue weighted by atomic mass is 10.1. The Hall–Kier alpha value is -1.22. The zero-order valence-corrected chi connectivity index (χ0v) is 18.4. The van der Waals surface area contributed by atoms with Gasteiger partial charge in [-0.25, -0.2) is 0 Å². The molecule has 2 N–H and O–H groups in total. The van der Waals surface area contributed by atoms with Crippen molar-refractivity contribution in [1.29, 1.82) is 0 Å². The van der Waals surface area contributed by atoms with Crippen molar-refractivity contribution in [1.82, 2.24) is 15.5 Å². The number of benzene rings is 1. The van der Waals surface area contributed by atoms with Gasteiger partial charge in [-0.05, 0) is 58.1 Å². The van der Waals surface area contributed by atoms with Crippen LogP contribution in [0.5, 0.6) is 11.5 Å². The maximum absolute atomic E-state index is 5.34. The molecule has 0 bridgehead atoms. The Balaban J connectivity index is 0.00000576. The molecule has 0 aliphatic rings. The number of methoxy groups -OCH3 is 2. The minimum absolute atomic E-state index is 0. The zero-order valence-electron chi connectivity index (χ0n) is 16.1. The van der Waals surface area contributed by atoms with E-state index in [0.717, 1.165) is 56.5 Å². The summed E-state index contributed by atoms with van der Waals surface area (Å²) < 4.78 is 10.6. The molecule has 0 atom stereocenters. The Labute approximate surface area is 169 Å². The molecule has 0 saturated carbocycles. The number of ether oxygens (including phenoxy) is 2. The van der Waals surface area contributed by atoms with Crippen molar-refractivity contribution in [2.24, 2.45) is 4.99 Å². The van der Waals surface area contributed by atoms with Crippen LogP contribution in [0, 0.1) is 0 Å². The lowest BCUT2D eigenvalue weighted by Crippen LogP contribution is -2.38. The quantitative estimate of drug-likeness (QED) is 0.241. The summed E-state index contributed by atoms with van der Waals surface area (Å²) in [5.41, 5.74) is 1.20. The highest BCUT2D eigenvalue weighted by Crippen LogP contribution is 2.27. The summed E-state index contributed by atoms with van der Waals surface area (Å²) in [6.07, 6.45) is 1.95. The third-order valence-electron chi connectivity index (χ3n) is 3.53. The van der Waals surface area contributed by atoms with Crippen molar-refractivity contribution in [3.05, 3.63) is 23.8 Å². The third kappa shape index (κ3) is 9.74. The number of guanidine groups is 1. The topological polar surface area (TPSA) is 58.1 Å². The average molecular weight is 464 g/mol. The first kappa shape index (κ1) is 23.8. The van der Waals surface area contributed by atoms with Crippen molar-refractivity contribution in [2.45, 2.75) is 19.8 Å². The van der Waals surface area contributed by atoms with Crippen LogP contribution in [0.3, 0.4) is 0 Å². The Kier molecular flexibility index (Phi) is 13.3. The SMILES string of the molecule is CCNC(=NCCCN(C)C)NCCc1ccc(OC)c(OC)c1.I. The summed E-state index contributed by atoms with van der Waals surface area (Å²) >= 11 is 0. The fourth-order valence-corrected chi connectivity index (χ4v) is 2.28. The van der Waals surface area contributed by atoms with E-state index in [1.54, 1.807) is 14.2 Å². The number of nitrogens with one attached hydrogen (secondary N) is 2. The van der Waals surface area contributed by atoms with E-state index in [4.69, 9.17) is 9.47 Å². The zero-order chi connectivity index (χ0) is 17.8. The number of aliphatic imine (C=N–C) groups is 1.